The van der Waals surface area contributed by atoms with E-state index in [9.17, 15) is 8.42 Å². The van der Waals surface area contributed by atoms with E-state index in [0.29, 0.717) is 6.42 Å². The Kier molecular flexibility index (Phi) is 4.71. The molecule has 0 aromatic carbocycles. The Morgan fingerprint density at radius 2 is 2.18 bits per heavy atom. The molecule has 3 N–H and O–H groups in total. The van der Waals surface area contributed by atoms with Crippen molar-refractivity contribution in [2.75, 3.05) is 6.26 Å². The van der Waals surface area contributed by atoms with Crippen molar-refractivity contribution in [2.24, 2.45) is 5.84 Å². The summed E-state index contributed by atoms with van der Waals surface area (Å²) in [6.07, 6.45) is 2.78. The van der Waals surface area contributed by atoms with E-state index in [-0.39, 0.29) is 6.04 Å². The predicted octanol–water partition coefficient (Wildman–Crippen LogP) is 1.34. The van der Waals surface area contributed by atoms with Crippen molar-refractivity contribution < 1.29 is 8.42 Å². The molecule has 1 rings (SSSR count). The number of sulfone groups is 1. The molecule has 0 bridgehead atoms. The van der Waals surface area contributed by atoms with Crippen LogP contribution in [0.25, 0.3) is 0 Å². The summed E-state index contributed by atoms with van der Waals surface area (Å²) in [5.74, 6) is 5.48. The first kappa shape index (κ1) is 14.6. The quantitative estimate of drug-likeness (QED) is 0.607. The van der Waals surface area contributed by atoms with Gasteiger partial charge in [0.25, 0.3) is 0 Å². The normalized spacial score (nSPS) is 14.8. The summed E-state index contributed by atoms with van der Waals surface area (Å²) in [5, 5.41) is 4.09. The van der Waals surface area contributed by atoms with Gasteiger partial charge < -0.3 is 0 Å². The van der Waals surface area contributed by atoms with Gasteiger partial charge in [-0.3, -0.25) is 11.3 Å². The Morgan fingerprint density at radius 3 is 2.59 bits per heavy atom. The third-order valence-electron chi connectivity index (χ3n) is 3.30. The molecule has 4 nitrogen and oxygen atoms in total. The Morgan fingerprint density at radius 1 is 1.53 bits per heavy atom. The molecule has 0 aliphatic carbocycles. The molecule has 1 aromatic heterocycles. The Hall–Kier alpha value is -0.430. The number of hydrogen-bond donors (Lipinski definition) is 2. The lowest BCUT2D eigenvalue weighted by molar-refractivity contribution is 0.394. The van der Waals surface area contributed by atoms with Crippen molar-refractivity contribution in [3.8, 4) is 0 Å². The fraction of sp³-hybridized carbons (Fsp3) is 0.636. The lowest BCUT2D eigenvalue weighted by Crippen LogP contribution is -2.54. The summed E-state index contributed by atoms with van der Waals surface area (Å²) in [7, 11) is -3.14. The van der Waals surface area contributed by atoms with E-state index in [2.05, 4.69) is 10.8 Å². The number of hydrogen-bond acceptors (Lipinski definition) is 5. The summed E-state index contributed by atoms with van der Waals surface area (Å²) in [4.78, 5) is 0. The first-order valence-corrected chi connectivity index (χ1v) is 8.29. The molecule has 1 heterocycles. The molecule has 17 heavy (non-hydrogen) atoms. The monoisotopic (exact) mass is 276 g/mol. The average Bonchev–Trinajstić information content (AvgIpc) is 2.69. The topological polar surface area (TPSA) is 72.2 Å². The van der Waals surface area contributed by atoms with Gasteiger partial charge in [-0.1, -0.05) is 0 Å². The first-order chi connectivity index (χ1) is 7.79. The van der Waals surface area contributed by atoms with Gasteiger partial charge in [0.2, 0.25) is 0 Å². The van der Waals surface area contributed by atoms with E-state index < -0.39 is 14.6 Å². The average molecular weight is 276 g/mol. The predicted molar refractivity (Wildman–Crippen MR) is 72.7 cm³/mol. The van der Waals surface area contributed by atoms with Crippen molar-refractivity contribution in [1.82, 2.24) is 5.43 Å². The zero-order valence-corrected chi connectivity index (χ0v) is 12.1. The fourth-order valence-electron chi connectivity index (χ4n) is 1.64. The SMILES string of the molecule is CC(C)(C(CCc1ccsc1)NN)S(C)(=O)=O. The van der Waals surface area contributed by atoms with Gasteiger partial charge in [-0.15, -0.1) is 0 Å². The standard InChI is InChI=1S/C11H20N2O2S2/c1-11(2,17(3,14)15)10(13-12)5-4-9-6-7-16-8-9/h6-8,10,13H,4-5,12H2,1-3H3. The van der Waals surface area contributed by atoms with E-state index in [1.165, 1.54) is 11.8 Å². The highest BCUT2D eigenvalue weighted by Crippen LogP contribution is 2.23. The van der Waals surface area contributed by atoms with Crippen LogP contribution >= 0.6 is 11.3 Å². The van der Waals surface area contributed by atoms with Crippen LogP contribution in [-0.2, 0) is 16.3 Å². The second kappa shape index (κ2) is 5.48. The molecule has 1 atom stereocenters. The molecule has 0 aliphatic heterocycles. The minimum Gasteiger partial charge on any atom is -0.271 e. The van der Waals surface area contributed by atoms with Crippen molar-refractivity contribution in [1.29, 1.82) is 0 Å². The molecule has 0 amide bonds. The van der Waals surface area contributed by atoms with Crippen molar-refractivity contribution in [2.45, 2.75) is 37.5 Å². The molecule has 0 spiro atoms. The van der Waals surface area contributed by atoms with Gasteiger partial charge >= 0.3 is 0 Å². The van der Waals surface area contributed by atoms with Gasteiger partial charge in [0.05, 0.1) is 4.75 Å². The number of thiophene rings is 1. The van der Waals surface area contributed by atoms with Crippen molar-refractivity contribution >= 4 is 21.2 Å². The van der Waals surface area contributed by atoms with E-state index in [4.69, 9.17) is 5.84 Å². The Labute approximate surface area is 107 Å². The molecule has 0 radical (unpaired) electrons. The van der Waals surface area contributed by atoms with Gasteiger partial charge in [-0.2, -0.15) is 11.3 Å². The summed E-state index contributed by atoms with van der Waals surface area (Å²) in [6.45, 7) is 3.42. The van der Waals surface area contributed by atoms with E-state index >= 15 is 0 Å². The van der Waals surface area contributed by atoms with Gasteiger partial charge in [0, 0.05) is 12.3 Å². The number of aryl methyl sites for hydroxylation is 1. The number of rotatable bonds is 6. The zero-order valence-electron chi connectivity index (χ0n) is 10.4. The highest BCUT2D eigenvalue weighted by Gasteiger charge is 2.38. The van der Waals surface area contributed by atoms with Crippen LogP contribution in [0, 0.1) is 0 Å². The van der Waals surface area contributed by atoms with Gasteiger partial charge in [-0.25, -0.2) is 8.42 Å². The van der Waals surface area contributed by atoms with Crippen molar-refractivity contribution in [3.05, 3.63) is 22.4 Å². The minimum absolute atomic E-state index is 0.252. The highest BCUT2D eigenvalue weighted by molar-refractivity contribution is 7.92. The van der Waals surface area contributed by atoms with Crippen LogP contribution in [0.1, 0.15) is 25.8 Å². The van der Waals surface area contributed by atoms with Crippen LogP contribution in [0.2, 0.25) is 0 Å². The van der Waals surface area contributed by atoms with E-state index in [1.54, 1.807) is 25.2 Å². The summed E-state index contributed by atoms with van der Waals surface area (Å²) < 4.78 is 22.6. The third-order valence-corrected chi connectivity index (χ3v) is 6.23. The van der Waals surface area contributed by atoms with E-state index in [0.717, 1.165) is 6.42 Å². The molecular weight excluding hydrogens is 256 g/mol. The second-order valence-corrected chi connectivity index (χ2v) is 8.14. The maximum Gasteiger partial charge on any atom is 0.154 e. The maximum absolute atomic E-state index is 11.7. The largest absolute Gasteiger partial charge is 0.271 e. The summed E-state index contributed by atoms with van der Waals surface area (Å²) >= 11 is 1.64. The Balaban J connectivity index is 2.72. The zero-order chi connectivity index (χ0) is 13.1. The highest BCUT2D eigenvalue weighted by atomic mass is 32.2. The van der Waals surface area contributed by atoms with E-state index in [1.807, 2.05) is 11.4 Å². The molecular formula is C11H20N2O2S2. The molecule has 0 saturated heterocycles. The molecule has 0 saturated carbocycles. The molecule has 98 valence electrons. The number of nitrogens with two attached hydrogens (primary N) is 1. The van der Waals surface area contributed by atoms with Gasteiger partial charge in [-0.05, 0) is 49.1 Å². The fourth-order valence-corrected chi connectivity index (χ4v) is 3.04. The smallest absolute Gasteiger partial charge is 0.154 e. The first-order valence-electron chi connectivity index (χ1n) is 5.46. The second-order valence-electron chi connectivity index (χ2n) is 4.77. The molecule has 0 aliphatic rings. The van der Waals surface area contributed by atoms with Crippen LogP contribution in [0.5, 0.6) is 0 Å². The van der Waals surface area contributed by atoms with Crippen LogP contribution < -0.4 is 11.3 Å². The van der Waals surface area contributed by atoms with Gasteiger partial charge in [0.1, 0.15) is 0 Å². The molecule has 0 fully saturated rings. The van der Waals surface area contributed by atoms with Crippen molar-refractivity contribution in [3.63, 3.8) is 0 Å². The molecule has 1 aromatic rings. The molecule has 6 heteroatoms. The molecule has 1 unspecified atom stereocenters. The number of hydrazine groups is 1. The van der Waals surface area contributed by atoms with Crippen LogP contribution in [0.3, 0.4) is 0 Å². The van der Waals surface area contributed by atoms with Crippen LogP contribution in [0.15, 0.2) is 16.8 Å². The van der Waals surface area contributed by atoms with Gasteiger partial charge in [0.15, 0.2) is 9.84 Å². The lowest BCUT2D eigenvalue weighted by atomic mass is 9.97. The maximum atomic E-state index is 11.7. The van der Waals surface area contributed by atoms with Crippen LogP contribution in [0.4, 0.5) is 0 Å². The summed E-state index contributed by atoms with van der Waals surface area (Å²) in [6, 6.07) is 1.79. The Bertz CT molecular complexity index is 438. The third kappa shape index (κ3) is 3.51. The van der Waals surface area contributed by atoms with Crippen LogP contribution in [-0.4, -0.2) is 25.5 Å². The minimum atomic E-state index is -3.14. The summed E-state index contributed by atoms with van der Waals surface area (Å²) in [5.41, 5.74) is 3.86. The lowest BCUT2D eigenvalue weighted by Gasteiger charge is -2.32. The number of nitrogens with one attached hydrogen (secondary N) is 1.